The van der Waals surface area contributed by atoms with E-state index in [1.807, 2.05) is 12.5 Å². The number of hydrogen-bond donors (Lipinski definition) is 0. The summed E-state index contributed by atoms with van der Waals surface area (Å²) in [5.74, 6) is -0.983. The van der Waals surface area contributed by atoms with Crippen LogP contribution in [0.5, 0.6) is 0 Å². The van der Waals surface area contributed by atoms with Gasteiger partial charge in [0.25, 0.3) is 0 Å². The zero-order valence-corrected chi connectivity index (χ0v) is 11.5. The van der Waals surface area contributed by atoms with Gasteiger partial charge in [-0.25, -0.2) is 0 Å². The SMILES string of the molecule is COC(=O)C1(C(=O)OC)CCC1(SC)SC. The lowest BCUT2D eigenvalue weighted by Crippen LogP contribution is -2.62. The Hall–Kier alpha value is -0.360. The third kappa shape index (κ3) is 1.54. The highest BCUT2D eigenvalue weighted by Crippen LogP contribution is 2.63. The number of hydrogen-bond acceptors (Lipinski definition) is 6. The lowest BCUT2D eigenvalue weighted by Gasteiger charge is -2.52. The Kier molecular flexibility index (Phi) is 4.17. The Morgan fingerprint density at radius 3 is 1.62 bits per heavy atom. The highest BCUT2D eigenvalue weighted by atomic mass is 32.2. The number of carbonyl (C=O) groups is 2. The highest BCUT2D eigenvalue weighted by Gasteiger charge is 2.70. The molecule has 16 heavy (non-hydrogen) atoms. The van der Waals surface area contributed by atoms with E-state index in [9.17, 15) is 9.59 Å². The van der Waals surface area contributed by atoms with Gasteiger partial charge in [0.15, 0.2) is 5.41 Å². The monoisotopic (exact) mass is 264 g/mol. The Bertz CT molecular complexity index is 278. The molecule has 0 N–H and O–H groups in total. The molecule has 0 bridgehead atoms. The van der Waals surface area contributed by atoms with Crippen molar-refractivity contribution in [2.45, 2.75) is 16.9 Å². The number of ether oxygens (including phenoxy) is 2. The van der Waals surface area contributed by atoms with E-state index in [4.69, 9.17) is 9.47 Å². The van der Waals surface area contributed by atoms with Crippen LogP contribution >= 0.6 is 23.5 Å². The second-order valence-corrected chi connectivity index (χ2v) is 6.02. The van der Waals surface area contributed by atoms with Crippen LogP contribution in [0.2, 0.25) is 0 Å². The topological polar surface area (TPSA) is 52.6 Å². The van der Waals surface area contributed by atoms with Crippen LogP contribution in [0, 0.1) is 5.41 Å². The van der Waals surface area contributed by atoms with Crippen molar-refractivity contribution in [2.24, 2.45) is 5.41 Å². The van der Waals surface area contributed by atoms with E-state index < -0.39 is 21.4 Å². The number of methoxy groups -OCH3 is 2. The molecular formula is C10H16O4S2. The lowest BCUT2D eigenvalue weighted by molar-refractivity contribution is -0.176. The zero-order valence-electron chi connectivity index (χ0n) is 9.86. The molecule has 0 aromatic carbocycles. The summed E-state index contributed by atoms with van der Waals surface area (Å²) in [6, 6.07) is 0. The van der Waals surface area contributed by atoms with Gasteiger partial charge in [0.1, 0.15) is 0 Å². The van der Waals surface area contributed by atoms with E-state index >= 15 is 0 Å². The first-order chi connectivity index (χ1) is 7.54. The molecular weight excluding hydrogens is 248 g/mol. The fourth-order valence-electron chi connectivity index (χ4n) is 2.16. The van der Waals surface area contributed by atoms with Gasteiger partial charge in [-0.15, -0.1) is 23.5 Å². The molecule has 92 valence electrons. The maximum atomic E-state index is 11.9. The molecule has 0 aliphatic heterocycles. The molecule has 0 saturated heterocycles. The van der Waals surface area contributed by atoms with Crippen molar-refractivity contribution in [1.29, 1.82) is 0 Å². The van der Waals surface area contributed by atoms with Gasteiger partial charge in [-0.1, -0.05) is 0 Å². The normalized spacial score (nSPS) is 20.8. The van der Waals surface area contributed by atoms with Crippen molar-refractivity contribution in [3.05, 3.63) is 0 Å². The Morgan fingerprint density at radius 2 is 1.44 bits per heavy atom. The zero-order chi connectivity index (χ0) is 12.4. The van der Waals surface area contributed by atoms with Crippen LogP contribution in [-0.4, -0.2) is 42.7 Å². The van der Waals surface area contributed by atoms with Gasteiger partial charge in [0.05, 0.1) is 18.3 Å². The van der Waals surface area contributed by atoms with Gasteiger partial charge < -0.3 is 9.47 Å². The number of carbonyl (C=O) groups excluding carboxylic acids is 2. The van der Waals surface area contributed by atoms with Gasteiger partial charge in [0.2, 0.25) is 0 Å². The highest BCUT2D eigenvalue weighted by molar-refractivity contribution is 8.17. The first kappa shape index (κ1) is 13.7. The number of esters is 2. The van der Waals surface area contributed by atoms with Crippen molar-refractivity contribution >= 4 is 35.5 Å². The van der Waals surface area contributed by atoms with Crippen molar-refractivity contribution in [3.63, 3.8) is 0 Å². The number of thioether (sulfide) groups is 2. The summed E-state index contributed by atoms with van der Waals surface area (Å²) in [6.45, 7) is 0. The molecule has 0 atom stereocenters. The summed E-state index contributed by atoms with van der Waals surface area (Å²) >= 11 is 3.03. The smallest absolute Gasteiger partial charge is 0.325 e. The molecule has 0 heterocycles. The molecule has 1 saturated carbocycles. The third-order valence-corrected chi connectivity index (χ3v) is 6.63. The van der Waals surface area contributed by atoms with E-state index in [1.165, 1.54) is 37.7 Å². The van der Waals surface area contributed by atoms with Crippen molar-refractivity contribution in [2.75, 3.05) is 26.7 Å². The minimum atomic E-state index is -1.14. The van der Waals surface area contributed by atoms with Crippen LogP contribution in [0.25, 0.3) is 0 Å². The minimum absolute atomic E-state index is 0.451. The molecule has 0 spiro atoms. The van der Waals surface area contributed by atoms with Gasteiger partial charge in [0, 0.05) is 0 Å². The molecule has 1 aliphatic carbocycles. The van der Waals surface area contributed by atoms with Gasteiger partial charge >= 0.3 is 11.9 Å². The Morgan fingerprint density at radius 1 is 1.00 bits per heavy atom. The summed E-state index contributed by atoms with van der Waals surface area (Å²) < 4.78 is 9.09. The van der Waals surface area contributed by atoms with Crippen molar-refractivity contribution in [1.82, 2.24) is 0 Å². The van der Waals surface area contributed by atoms with Crippen LogP contribution in [0.15, 0.2) is 0 Å². The van der Waals surface area contributed by atoms with Crippen LogP contribution in [-0.2, 0) is 19.1 Å². The van der Waals surface area contributed by atoms with Crippen LogP contribution in [0.3, 0.4) is 0 Å². The average molecular weight is 264 g/mol. The summed E-state index contributed by atoms with van der Waals surface area (Å²) in [4.78, 5) is 23.8. The van der Waals surface area contributed by atoms with E-state index in [1.54, 1.807) is 0 Å². The molecule has 0 aromatic heterocycles. The summed E-state index contributed by atoms with van der Waals surface area (Å²) in [7, 11) is 2.60. The van der Waals surface area contributed by atoms with Crippen molar-refractivity contribution < 1.29 is 19.1 Å². The van der Waals surface area contributed by atoms with Gasteiger partial charge in [-0.2, -0.15) is 0 Å². The third-order valence-electron chi connectivity index (χ3n) is 3.21. The van der Waals surface area contributed by atoms with Crippen LogP contribution < -0.4 is 0 Å². The maximum Gasteiger partial charge on any atom is 0.325 e. The maximum absolute atomic E-state index is 11.9. The standard InChI is InChI=1S/C10H16O4S2/c1-13-7(11)9(8(12)14-2)5-6-10(9,15-3)16-4/h5-6H2,1-4H3. The van der Waals surface area contributed by atoms with Gasteiger partial charge in [-0.3, -0.25) is 9.59 Å². The fourth-order valence-corrected chi connectivity index (χ4v) is 4.68. The van der Waals surface area contributed by atoms with E-state index in [-0.39, 0.29) is 0 Å². The molecule has 0 unspecified atom stereocenters. The average Bonchev–Trinajstić information content (AvgIpc) is 2.29. The second kappa shape index (κ2) is 4.87. The predicted molar refractivity (Wildman–Crippen MR) is 65.5 cm³/mol. The summed E-state index contributed by atoms with van der Waals surface area (Å²) in [6.07, 6.45) is 5.10. The Labute approximate surface area is 104 Å². The minimum Gasteiger partial charge on any atom is -0.468 e. The molecule has 0 amide bonds. The van der Waals surface area contributed by atoms with Gasteiger partial charge in [-0.05, 0) is 25.4 Å². The van der Waals surface area contributed by atoms with E-state index in [0.717, 1.165) is 6.42 Å². The van der Waals surface area contributed by atoms with Crippen LogP contribution in [0.1, 0.15) is 12.8 Å². The molecule has 1 aliphatic rings. The van der Waals surface area contributed by atoms with Crippen molar-refractivity contribution in [3.8, 4) is 0 Å². The van der Waals surface area contributed by atoms with E-state index in [0.29, 0.717) is 6.42 Å². The second-order valence-electron chi connectivity index (χ2n) is 3.55. The quantitative estimate of drug-likeness (QED) is 0.436. The molecule has 1 rings (SSSR count). The largest absolute Gasteiger partial charge is 0.468 e. The lowest BCUT2D eigenvalue weighted by atomic mass is 9.67. The predicted octanol–water partition coefficient (Wildman–Crippen LogP) is 1.53. The molecule has 0 radical (unpaired) electrons. The number of rotatable bonds is 4. The van der Waals surface area contributed by atoms with Crippen LogP contribution in [0.4, 0.5) is 0 Å². The molecule has 4 nitrogen and oxygen atoms in total. The summed E-state index contributed by atoms with van der Waals surface area (Å²) in [5.41, 5.74) is -1.14. The van der Waals surface area contributed by atoms with E-state index in [2.05, 4.69) is 0 Å². The summed E-state index contributed by atoms with van der Waals surface area (Å²) in [5, 5.41) is 0. The Balaban J connectivity index is 3.16. The molecule has 0 aromatic rings. The molecule has 1 fully saturated rings. The fraction of sp³-hybridized carbons (Fsp3) is 0.800. The first-order valence-corrected chi connectivity index (χ1v) is 7.26. The molecule has 6 heteroatoms. The first-order valence-electron chi connectivity index (χ1n) is 4.81.